The number of Topliss-reactive ketones (excluding diaryl/α,β-unsaturated/α-hetero) is 2. The molecule has 2 aromatic rings. The molecule has 0 spiro atoms. The standard InChI is InChI=1S/C28H28N4O8/c1-11(33)31-18-7-4-12(10-30-18)14-5-6-17(34)20-15(14)8-13-9-16-22(32(2)3)24(36)21(27(29)39)26(38)28(16,40)25(37)19(13)23(20)35/h4-7,10,13,16,22,34-35,38,40H,8-9H2,1-3H3,(H2,29,39)(H,30,31,33)/t13-,16-,22-,28-/m1/s1. The van der Waals surface area contributed by atoms with Crippen molar-refractivity contribution in [2.24, 2.45) is 17.6 Å². The smallest absolute Gasteiger partial charge is 0.255 e. The molecule has 0 saturated heterocycles. The molecule has 12 nitrogen and oxygen atoms in total. The number of phenols is 1. The van der Waals surface area contributed by atoms with Crippen LogP contribution in [0.2, 0.25) is 0 Å². The summed E-state index contributed by atoms with van der Waals surface area (Å²) in [7, 11) is 3.09. The molecule has 3 aliphatic carbocycles. The van der Waals surface area contributed by atoms with Crippen molar-refractivity contribution in [2.75, 3.05) is 19.4 Å². The molecule has 1 fully saturated rings. The SMILES string of the molecule is CC(=O)Nc1ccc(-c2ccc(O)c3c2C[C@@H]2C[C@@H]4[C@@H](N(C)C)C(=O)C(C(N)=O)=C(O)[C@]4(O)C(=O)C2=C3O)cn1. The normalized spacial score (nSPS) is 25.9. The number of ketones is 2. The van der Waals surface area contributed by atoms with E-state index in [1.165, 1.54) is 24.1 Å². The van der Waals surface area contributed by atoms with Crippen LogP contribution in [0.5, 0.6) is 5.75 Å². The fourth-order valence-corrected chi connectivity index (χ4v) is 6.32. The number of fused-ring (bicyclic) bond motifs is 3. The van der Waals surface area contributed by atoms with Crippen LogP contribution in [0.1, 0.15) is 24.5 Å². The van der Waals surface area contributed by atoms with E-state index in [4.69, 9.17) is 5.73 Å². The first-order valence-electron chi connectivity index (χ1n) is 12.5. The molecule has 3 aliphatic rings. The fourth-order valence-electron chi connectivity index (χ4n) is 6.32. The first-order valence-corrected chi connectivity index (χ1v) is 12.5. The minimum atomic E-state index is -2.69. The van der Waals surface area contributed by atoms with Gasteiger partial charge in [0.05, 0.1) is 11.6 Å². The van der Waals surface area contributed by atoms with Gasteiger partial charge in [0.25, 0.3) is 5.91 Å². The van der Waals surface area contributed by atoms with Crippen LogP contribution in [0.15, 0.2) is 47.4 Å². The number of amides is 2. The number of carbonyl (C=O) groups excluding carboxylic acids is 4. The molecule has 7 N–H and O–H groups in total. The highest BCUT2D eigenvalue weighted by atomic mass is 16.3. The van der Waals surface area contributed by atoms with E-state index in [-0.39, 0.29) is 35.6 Å². The predicted molar refractivity (Wildman–Crippen MR) is 142 cm³/mol. The molecule has 1 aromatic carbocycles. The van der Waals surface area contributed by atoms with Gasteiger partial charge in [-0.1, -0.05) is 6.07 Å². The first kappa shape index (κ1) is 27.0. The van der Waals surface area contributed by atoms with Crippen molar-refractivity contribution in [1.29, 1.82) is 0 Å². The Hall–Kier alpha value is -4.55. The fraction of sp³-hybridized carbons (Fsp3) is 0.321. The molecule has 0 bridgehead atoms. The maximum absolute atomic E-state index is 13.9. The molecule has 208 valence electrons. The summed E-state index contributed by atoms with van der Waals surface area (Å²) in [5.74, 6) is -6.99. The van der Waals surface area contributed by atoms with Gasteiger partial charge in [0, 0.05) is 30.2 Å². The number of rotatable bonds is 4. The van der Waals surface area contributed by atoms with E-state index in [9.17, 15) is 39.6 Å². The van der Waals surface area contributed by atoms with E-state index in [1.54, 1.807) is 32.3 Å². The molecule has 40 heavy (non-hydrogen) atoms. The summed E-state index contributed by atoms with van der Waals surface area (Å²) in [6, 6.07) is 5.14. The number of aliphatic hydroxyl groups is 3. The van der Waals surface area contributed by atoms with Crippen molar-refractivity contribution in [2.45, 2.75) is 31.4 Å². The Balaban J connectivity index is 1.68. The lowest BCUT2D eigenvalue weighted by atomic mass is 9.57. The number of aromatic hydroxyl groups is 1. The van der Waals surface area contributed by atoms with Crippen molar-refractivity contribution in [3.63, 3.8) is 0 Å². The van der Waals surface area contributed by atoms with Crippen molar-refractivity contribution in [3.05, 3.63) is 58.5 Å². The Morgan fingerprint density at radius 2 is 1.82 bits per heavy atom. The highest BCUT2D eigenvalue weighted by Gasteiger charge is 2.64. The van der Waals surface area contributed by atoms with E-state index in [2.05, 4.69) is 10.3 Å². The third-order valence-corrected chi connectivity index (χ3v) is 7.98. The average Bonchev–Trinajstić information content (AvgIpc) is 2.86. The van der Waals surface area contributed by atoms with Gasteiger partial charge >= 0.3 is 0 Å². The number of anilines is 1. The van der Waals surface area contributed by atoms with E-state index >= 15 is 0 Å². The second-order valence-electron chi connectivity index (χ2n) is 10.6. The minimum Gasteiger partial charge on any atom is -0.508 e. The lowest BCUT2D eigenvalue weighted by Crippen LogP contribution is -2.65. The maximum Gasteiger partial charge on any atom is 0.255 e. The summed E-state index contributed by atoms with van der Waals surface area (Å²) in [6.07, 6.45) is 1.65. The number of likely N-dealkylation sites (N-methyl/N-ethyl adjacent to an activating group) is 1. The van der Waals surface area contributed by atoms with E-state index in [1.807, 2.05) is 0 Å². The average molecular weight is 549 g/mol. The Labute approximate surface area is 228 Å². The zero-order valence-electron chi connectivity index (χ0n) is 21.9. The van der Waals surface area contributed by atoms with Gasteiger partial charge < -0.3 is 31.5 Å². The lowest BCUT2D eigenvalue weighted by molar-refractivity contribution is -0.153. The third-order valence-electron chi connectivity index (χ3n) is 7.98. The number of pyridine rings is 1. The van der Waals surface area contributed by atoms with Gasteiger partial charge in [0.1, 0.15) is 28.7 Å². The molecule has 0 unspecified atom stereocenters. The molecule has 1 saturated carbocycles. The molecular formula is C28H28N4O8. The van der Waals surface area contributed by atoms with Crippen molar-refractivity contribution >= 4 is 35.0 Å². The van der Waals surface area contributed by atoms with Crippen LogP contribution in [0.25, 0.3) is 16.9 Å². The number of hydrogen-bond acceptors (Lipinski definition) is 10. The number of carbonyl (C=O) groups is 4. The minimum absolute atomic E-state index is 0.0133. The lowest BCUT2D eigenvalue weighted by Gasteiger charge is -2.50. The number of benzene rings is 1. The van der Waals surface area contributed by atoms with E-state index < -0.39 is 58.0 Å². The van der Waals surface area contributed by atoms with Gasteiger partial charge in [-0.2, -0.15) is 0 Å². The Bertz CT molecular complexity index is 1560. The number of aliphatic hydroxyl groups excluding tert-OH is 2. The van der Waals surface area contributed by atoms with E-state index in [0.717, 1.165) is 0 Å². The first-order chi connectivity index (χ1) is 18.8. The topological polar surface area (TPSA) is 203 Å². The Kier molecular flexibility index (Phi) is 6.27. The second kappa shape index (κ2) is 9.28. The molecular weight excluding hydrogens is 520 g/mol. The molecule has 4 atom stereocenters. The summed E-state index contributed by atoms with van der Waals surface area (Å²) >= 11 is 0. The summed E-state index contributed by atoms with van der Waals surface area (Å²) in [6.45, 7) is 1.36. The molecule has 2 amide bonds. The van der Waals surface area contributed by atoms with Crippen LogP contribution in [-0.4, -0.2) is 79.4 Å². The number of hydrogen-bond donors (Lipinski definition) is 6. The van der Waals surface area contributed by atoms with Gasteiger partial charge in [0.15, 0.2) is 11.4 Å². The van der Waals surface area contributed by atoms with Gasteiger partial charge in [-0.05, 0) is 62.2 Å². The summed E-state index contributed by atoms with van der Waals surface area (Å²) in [5, 5.41) is 47.3. The second-order valence-corrected chi connectivity index (χ2v) is 10.6. The molecule has 1 aromatic heterocycles. The number of primary amides is 1. The number of nitrogens with one attached hydrogen (secondary N) is 1. The van der Waals surface area contributed by atoms with E-state index in [0.29, 0.717) is 22.5 Å². The Morgan fingerprint density at radius 3 is 2.40 bits per heavy atom. The molecule has 1 heterocycles. The Morgan fingerprint density at radius 1 is 1.12 bits per heavy atom. The van der Waals surface area contributed by atoms with Crippen molar-refractivity contribution in [1.82, 2.24) is 9.88 Å². The number of nitrogens with two attached hydrogens (primary N) is 1. The number of nitrogens with zero attached hydrogens (tertiary/aromatic N) is 2. The largest absolute Gasteiger partial charge is 0.508 e. The zero-order valence-corrected chi connectivity index (χ0v) is 21.9. The third kappa shape index (κ3) is 3.79. The highest BCUT2D eigenvalue weighted by molar-refractivity contribution is 6.24. The number of aromatic nitrogens is 1. The van der Waals surface area contributed by atoms with Crippen LogP contribution in [-0.2, 0) is 25.6 Å². The molecule has 0 radical (unpaired) electrons. The molecule has 0 aliphatic heterocycles. The zero-order chi connectivity index (χ0) is 29.3. The predicted octanol–water partition coefficient (Wildman–Crippen LogP) is 0.984. The van der Waals surface area contributed by atoms with Gasteiger partial charge in [-0.15, -0.1) is 0 Å². The van der Waals surface area contributed by atoms with Crippen molar-refractivity contribution < 1.29 is 39.6 Å². The highest BCUT2D eigenvalue weighted by Crippen LogP contribution is 2.53. The maximum atomic E-state index is 13.9. The summed E-state index contributed by atoms with van der Waals surface area (Å²) < 4.78 is 0. The van der Waals surface area contributed by atoms with Crippen LogP contribution >= 0.6 is 0 Å². The van der Waals surface area contributed by atoms with Crippen LogP contribution < -0.4 is 11.1 Å². The monoisotopic (exact) mass is 548 g/mol. The van der Waals surface area contributed by atoms with Crippen LogP contribution in [0.3, 0.4) is 0 Å². The quantitative estimate of drug-likeness (QED) is 0.299. The van der Waals surface area contributed by atoms with Crippen LogP contribution in [0, 0.1) is 11.8 Å². The summed E-state index contributed by atoms with van der Waals surface area (Å²) in [4.78, 5) is 56.3. The van der Waals surface area contributed by atoms with Gasteiger partial charge in [-0.3, -0.25) is 24.1 Å². The van der Waals surface area contributed by atoms with Crippen molar-refractivity contribution in [3.8, 4) is 16.9 Å². The molecule has 12 heteroatoms. The summed E-state index contributed by atoms with van der Waals surface area (Å²) in [5.41, 5.74) is 3.29. The molecule has 5 rings (SSSR count). The van der Waals surface area contributed by atoms with Gasteiger partial charge in [0.2, 0.25) is 11.7 Å². The van der Waals surface area contributed by atoms with Crippen LogP contribution in [0.4, 0.5) is 5.82 Å². The van der Waals surface area contributed by atoms with Gasteiger partial charge in [-0.25, -0.2) is 4.98 Å². The number of phenolic OH excluding ortho intramolecular Hbond substituents is 1.